The molecule has 0 saturated carbocycles. The predicted octanol–water partition coefficient (Wildman–Crippen LogP) is 2.61. The van der Waals surface area contributed by atoms with Gasteiger partial charge < -0.3 is 5.11 Å². The fourth-order valence-electron chi connectivity index (χ4n) is 2.69. The lowest BCUT2D eigenvalue weighted by atomic mass is 9.83. The summed E-state index contributed by atoms with van der Waals surface area (Å²) in [6.07, 6.45) is 1.76. The number of carbonyl (C=O) groups is 1. The van der Waals surface area contributed by atoms with Gasteiger partial charge in [0, 0.05) is 12.1 Å². The van der Waals surface area contributed by atoms with Crippen molar-refractivity contribution in [2.75, 3.05) is 6.54 Å². The topological polar surface area (TPSA) is 40.5 Å². The lowest BCUT2D eigenvalue weighted by Gasteiger charge is -2.34. The highest BCUT2D eigenvalue weighted by Gasteiger charge is 2.41. The molecule has 1 aliphatic rings. The summed E-state index contributed by atoms with van der Waals surface area (Å²) >= 11 is 0. The summed E-state index contributed by atoms with van der Waals surface area (Å²) in [7, 11) is 0. The van der Waals surface area contributed by atoms with E-state index in [-0.39, 0.29) is 17.4 Å². The molecule has 0 aromatic heterocycles. The van der Waals surface area contributed by atoms with Crippen molar-refractivity contribution in [3.05, 3.63) is 0 Å². The number of rotatable bonds is 3. The predicted molar refractivity (Wildman–Crippen MR) is 65.4 cm³/mol. The van der Waals surface area contributed by atoms with Crippen molar-refractivity contribution >= 4 is 5.97 Å². The van der Waals surface area contributed by atoms with Gasteiger partial charge in [0.2, 0.25) is 0 Å². The number of carboxylic acids is 1. The van der Waals surface area contributed by atoms with Gasteiger partial charge in [-0.15, -0.1) is 0 Å². The molecule has 1 saturated heterocycles. The number of nitrogens with zero attached hydrogens (tertiary/aromatic N) is 1. The lowest BCUT2D eigenvalue weighted by Crippen LogP contribution is -2.42. The highest BCUT2D eigenvalue weighted by Crippen LogP contribution is 2.34. The molecule has 1 rings (SSSR count). The van der Waals surface area contributed by atoms with Gasteiger partial charge in [0.1, 0.15) is 0 Å². The summed E-state index contributed by atoms with van der Waals surface area (Å²) in [5, 5.41) is 9.25. The van der Waals surface area contributed by atoms with E-state index in [0.29, 0.717) is 6.04 Å². The summed E-state index contributed by atoms with van der Waals surface area (Å²) in [5.41, 5.74) is 0.190. The molecule has 1 N–H and O–H groups in total. The summed E-state index contributed by atoms with van der Waals surface area (Å²) in [4.78, 5) is 13.6. The quantitative estimate of drug-likeness (QED) is 0.805. The molecule has 0 bridgehead atoms. The first-order valence-electron chi connectivity index (χ1n) is 6.21. The SMILES string of the molecule is CC(C)N1CC[C@H](C(=O)O)[C@H]1CC(C)(C)C. The van der Waals surface area contributed by atoms with E-state index in [1.54, 1.807) is 0 Å². The van der Waals surface area contributed by atoms with Gasteiger partial charge in [0.05, 0.1) is 5.92 Å². The van der Waals surface area contributed by atoms with E-state index in [1.807, 2.05) is 0 Å². The van der Waals surface area contributed by atoms with Crippen molar-refractivity contribution in [1.29, 1.82) is 0 Å². The second-order valence-electron chi connectivity index (χ2n) is 6.40. The summed E-state index contributed by atoms with van der Waals surface area (Å²) < 4.78 is 0. The molecule has 0 amide bonds. The first-order valence-corrected chi connectivity index (χ1v) is 6.21. The number of hydrogen-bond acceptors (Lipinski definition) is 2. The van der Waals surface area contributed by atoms with Crippen molar-refractivity contribution in [3.8, 4) is 0 Å². The Hall–Kier alpha value is -0.570. The van der Waals surface area contributed by atoms with Crippen LogP contribution in [0.25, 0.3) is 0 Å². The Balaban J connectivity index is 2.80. The zero-order chi connectivity index (χ0) is 12.5. The Morgan fingerprint density at radius 3 is 2.38 bits per heavy atom. The average molecular weight is 227 g/mol. The monoisotopic (exact) mass is 227 g/mol. The van der Waals surface area contributed by atoms with E-state index in [1.165, 1.54) is 0 Å². The van der Waals surface area contributed by atoms with Crippen LogP contribution in [0.4, 0.5) is 0 Å². The zero-order valence-corrected chi connectivity index (χ0v) is 11.2. The molecular formula is C13H25NO2. The van der Waals surface area contributed by atoms with Gasteiger partial charge in [-0.3, -0.25) is 9.69 Å². The summed E-state index contributed by atoms with van der Waals surface area (Å²) in [5.74, 6) is -0.806. The Morgan fingerprint density at radius 2 is 2.00 bits per heavy atom. The van der Waals surface area contributed by atoms with Gasteiger partial charge in [0.15, 0.2) is 0 Å². The van der Waals surface area contributed by atoms with Crippen molar-refractivity contribution < 1.29 is 9.90 Å². The number of aliphatic carboxylic acids is 1. The van der Waals surface area contributed by atoms with Gasteiger partial charge >= 0.3 is 5.97 Å². The third-order valence-electron chi connectivity index (χ3n) is 3.39. The Morgan fingerprint density at radius 1 is 1.44 bits per heavy atom. The highest BCUT2D eigenvalue weighted by molar-refractivity contribution is 5.71. The molecule has 16 heavy (non-hydrogen) atoms. The molecule has 1 heterocycles. The van der Waals surface area contributed by atoms with Crippen LogP contribution >= 0.6 is 0 Å². The van der Waals surface area contributed by atoms with Crippen molar-refractivity contribution in [2.45, 2.75) is 59.5 Å². The fraction of sp³-hybridized carbons (Fsp3) is 0.923. The largest absolute Gasteiger partial charge is 0.481 e. The van der Waals surface area contributed by atoms with Gasteiger partial charge in [-0.25, -0.2) is 0 Å². The van der Waals surface area contributed by atoms with Gasteiger partial charge in [-0.1, -0.05) is 20.8 Å². The standard InChI is InChI=1S/C13H25NO2/c1-9(2)14-7-6-10(12(15)16)11(14)8-13(3,4)5/h9-11H,6-8H2,1-5H3,(H,15,16)/t10-,11+/m0/s1. The molecule has 0 unspecified atom stereocenters. The van der Waals surface area contributed by atoms with E-state index in [2.05, 4.69) is 39.5 Å². The molecular weight excluding hydrogens is 202 g/mol. The third kappa shape index (κ3) is 3.21. The molecule has 2 atom stereocenters. The number of likely N-dealkylation sites (tertiary alicyclic amines) is 1. The smallest absolute Gasteiger partial charge is 0.308 e. The zero-order valence-electron chi connectivity index (χ0n) is 11.2. The molecule has 0 radical (unpaired) electrons. The molecule has 1 aliphatic heterocycles. The minimum atomic E-state index is -0.627. The first-order chi connectivity index (χ1) is 7.22. The Kier molecular flexibility index (Phi) is 4.00. The maximum absolute atomic E-state index is 11.2. The minimum absolute atomic E-state index is 0.179. The van der Waals surface area contributed by atoms with Crippen molar-refractivity contribution in [2.24, 2.45) is 11.3 Å². The average Bonchev–Trinajstić information content (AvgIpc) is 2.44. The van der Waals surface area contributed by atoms with Crippen LogP contribution in [-0.4, -0.2) is 34.6 Å². The van der Waals surface area contributed by atoms with E-state index in [4.69, 9.17) is 0 Å². The van der Waals surface area contributed by atoms with Crippen LogP contribution in [-0.2, 0) is 4.79 Å². The van der Waals surface area contributed by atoms with Crippen LogP contribution < -0.4 is 0 Å². The number of carboxylic acid groups (broad SMARTS) is 1. The van der Waals surface area contributed by atoms with E-state index >= 15 is 0 Å². The summed E-state index contributed by atoms with van der Waals surface area (Å²) in [6.45, 7) is 11.8. The molecule has 1 fully saturated rings. The highest BCUT2D eigenvalue weighted by atomic mass is 16.4. The van der Waals surface area contributed by atoms with Crippen LogP contribution in [0.3, 0.4) is 0 Å². The van der Waals surface area contributed by atoms with E-state index < -0.39 is 5.97 Å². The number of hydrogen-bond donors (Lipinski definition) is 1. The molecule has 3 nitrogen and oxygen atoms in total. The molecule has 0 aromatic carbocycles. The van der Waals surface area contributed by atoms with Crippen molar-refractivity contribution in [3.63, 3.8) is 0 Å². The molecule has 0 spiro atoms. The second-order valence-corrected chi connectivity index (χ2v) is 6.40. The summed E-state index contributed by atoms with van der Waals surface area (Å²) in [6, 6.07) is 0.647. The van der Waals surface area contributed by atoms with Gasteiger partial charge in [-0.05, 0) is 38.6 Å². The van der Waals surface area contributed by atoms with Crippen LogP contribution in [0, 0.1) is 11.3 Å². The lowest BCUT2D eigenvalue weighted by molar-refractivity contribution is -0.142. The molecule has 3 heteroatoms. The van der Waals surface area contributed by atoms with Crippen LogP contribution in [0.1, 0.15) is 47.5 Å². The molecule has 0 aromatic rings. The van der Waals surface area contributed by atoms with Gasteiger partial charge in [0.25, 0.3) is 0 Å². The fourth-order valence-corrected chi connectivity index (χ4v) is 2.69. The normalized spacial score (nSPS) is 27.6. The van der Waals surface area contributed by atoms with Crippen LogP contribution in [0.15, 0.2) is 0 Å². The molecule has 0 aliphatic carbocycles. The third-order valence-corrected chi connectivity index (χ3v) is 3.39. The second kappa shape index (κ2) is 4.74. The van der Waals surface area contributed by atoms with Crippen molar-refractivity contribution in [1.82, 2.24) is 4.90 Å². The molecule has 94 valence electrons. The van der Waals surface area contributed by atoms with Crippen LogP contribution in [0.2, 0.25) is 0 Å². The van der Waals surface area contributed by atoms with Gasteiger partial charge in [-0.2, -0.15) is 0 Å². The van der Waals surface area contributed by atoms with E-state index in [9.17, 15) is 9.90 Å². The van der Waals surface area contributed by atoms with Crippen LogP contribution in [0.5, 0.6) is 0 Å². The van der Waals surface area contributed by atoms with E-state index in [0.717, 1.165) is 19.4 Å². The maximum Gasteiger partial charge on any atom is 0.308 e. The Bertz CT molecular complexity index is 255. The first kappa shape index (κ1) is 13.5. The maximum atomic E-state index is 11.2. The minimum Gasteiger partial charge on any atom is -0.481 e. The Labute approximate surface area is 98.8 Å².